The van der Waals surface area contributed by atoms with E-state index in [0.717, 1.165) is 18.4 Å². The maximum Gasteiger partial charge on any atom is 0.189 e. The fourth-order valence-electron chi connectivity index (χ4n) is 2.69. The number of hydrogen-bond donors (Lipinski definition) is 0. The van der Waals surface area contributed by atoms with Crippen LogP contribution in [0.15, 0.2) is 66.3 Å². The van der Waals surface area contributed by atoms with E-state index in [4.69, 9.17) is 4.74 Å². The first-order valence-electron chi connectivity index (χ1n) is 8.00. The molecule has 0 amide bonds. The molecule has 0 saturated heterocycles. The van der Waals surface area contributed by atoms with Gasteiger partial charge in [-0.25, -0.2) is 0 Å². The standard InChI is InChI=1S/C21H20O2/c1-2-13-23-21-10-6-5-9-19(21)20(22)12-11-16-14-17-7-3-4-8-18(17)15-16/h3-12,14H,2,13,15H2,1H3/b12-11+. The highest BCUT2D eigenvalue weighted by Crippen LogP contribution is 2.26. The lowest BCUT2D eigenvalue weighted by Gasteiger charge is -2.08. The Balaban J connectivity index is 1.73. The van der Waals surface area contributed by atoms with Crippen LogP contribution in [0.3, 0.4) is 0 Å². The second-order valence-electron chi connectivity index (χ2n) is 5.64. The minimum absolute atomic E-state index is 0.0199. The van der Waals surface area contributed by atoms with Crippen LogP contribution >= 0.6 is 0 Å². The minimum Gasteiger partial charge on any atom is -0.493 e. The summed E-state index contributed by atoms with van der Waals surface area (Å²) in [4.78, 5) is 12.5. The van der Waals surface area contributed by atoms with Crippen molar-refractivity contribution in [2.75, 3.05) is 6.61 Å². The van der Waals surface area contributed by atoms with E-state index in [0.29, 0.717) is 17.9 Å². The van der Waals surface area contributed by atoms with Crippen LogP contribution in [0, 0.1) is 0 Å². The maximum atomic E-state index is 12.5. The van der Waals surface area contributed by atoms with Crippen LogP contribution in [0.2, 0.25) is 0 Å². The second kappa shape index (κ2) is 7.10. The number of ketones is 1. The molecule has 0 aliphatic heterocycles. The lowest BCUT2D eigenvalue weighted by Crippen LogP contribution is -2.02. The molecule has 0 spiro atoms. The molecule has 0 unspecified atom stereocenters. The lowest BCUT2D eigenvalue weighted by molar-refractivity contribution is 0.104. The van der Waals surface area contributed by atoms with Crippen molar-refractivity contribution >= 4 is 11.9 Å². The molecule has 23 heavy (non-hydrogen) atoms. The molecule has 2 heteroatoms. The van der Waals surface area contributed by atoms with Crippen molar-refractivity contribution in [1.82, 2.24) is 0 Å². The summed E-state index contributed by atoms with van der Waals surface area (Å²) < 4.78 is 5.66. The molecule has 0 radical (unpaired) electrons. The maximum absolute atomic E-state index is 12.5. The Morgan fingerprint density at radius 1 is 1.13 bits per heavy atom. The highest BCUT2D eigenvalue weighted by atomic mass is 16.5. The molecule has 0 N–H and O–H groups in total. The second-order valence-corrected chi connectivity index (χ2v) is 5.64. The average molecular weight is 304 g/mol. The van der Waals surface area contributed by atoms with Crippen molar-refractivity contribution in [2.24, 2.45) is 0 Å². The molecule has 0 saturated carbocycles. The van der Waals surface area contributed by atoms with Crippen molar-refractivity contribution in [2.45, 2.75) is 19.8 Å². The number of para-hydroxylation sites is 1. The summed E-state index contributed by atoms with van der Waals surface area (Å²) in [6, 6.07) is 15.7. The Bertz CT molecular complexity index is 769. The average Bonchev–Trinajstić information content (AvgIpc) is 3.01. The predicted octanol–water partition coefficient (Wildman–Crippen LogP) is 4.85. The SMILES string of the molecule is CCCOc1ccccc1C(=O)/C=C/C1=Cc2ccccc2C1. The fourth-order valence-corrected chi connectivity index (χ4v) is 2.69. The molecule has 116 valence electrons. The van der Waals surface area contributed by atoms with Gasteiger partial charge in [-0.1, -0.05) is 55.5 Å². The van der Waals surface area contributed by atoms with E-state index in [-0.39, 0.29) is 5.78 Å². The van der Waals surface area contributed by atoms with Gasteiger partial charge < -0.3 is 4.74 Å². The minimum atomic E-state index is -0.0199. The summed E-state index contributed by atoms with van der Waals surface area (Å²) in [5.74, 6) is 0.640. The van der Waals surface area contributed by atoms with Gasteiger partial charge in [0.1, 0.15) is 5.75 Å². The quantitative estimate of drug-likeness (QED) is 0.563. The van der Waals surface area contributed by atoms with E-state index in [1.54, 1.807) is 6.08 Å². The Morgan fingerprint density at radius 3 is 2.74 bits per heavy atom. The molecule has 0 aromatic heterocycles. The highest BCUT2D eigenvalue weighted by molar-refractivity contribution is 6.06. The third-order valence-electron chi connectivity index (χ3n) is 3.85. The number of rotatable bonds is 6. The Hall–Kier alpha value is -2.61. The van der Waals surface area contributed by atoms with Crippen molar-refractivity contribution in [3.8, 4) is 5.75 Å². The number of allylic oxidation sites excluding steroid dienone is 3. The molecule has 1 aliphatic carbocycles. The fraction of sp³-hybridized carbons (Fsp3) is 0.190. The molecule has 1 aliphatic rings. The number of ether oxygens (including phenoxy) is 1. The predicted molar refractivity (Wildman–Crippen MR) is 93.8 cm³/mol. The number of carbonyl (C=O) groups is 1. The Morgan fingerprint density at radius 2 is 1.91 bits per heavy atom. The third-order valence-corrected chi connectivity index (χ3v) is 3.85. The zero-order chi connectivity index (χ0) is 16.1. The third kappa shape index (κ3) is 3.59. The molecular weight excluding hydrogens is 284 g/mol. The van der Waals surface area contributed by atoms with Gasteiger partial charge in [-0.3, -0.25) is 4.79 Å². The molecular formula is C21H20O2. The van der Waals surface area contributed by atoms with Crippen LogP contribution in [0.5, 0.6) is 5.75 Å². The van der Waals surface area contributed by atoms with Crippen molar-refractivity contribution in [1.29, 1.82) is 0 Å². The summed E-state index contributed by atoms with van der Waals surface area (Å²) in [5.41, 5.74) is 4.33. The van der Waals surface area contributed by atoms with Gasteiger partial charge in [0.2, 0.25) is 0 Å². The lowest BCUT2D eigenvalue weighted by atomic mass is 10.1. The van der Waals surface area contributed by atoms with Gasteiger partial charge in [-0.15, -0.1) is 0 Å². The first-order chi connectivity index (χ1) is 11.3. The molecule has 0 atom stereocenters. The van der Waals surface area contributed by atoms with E-state index < -0.39 is 0 Å². The first kappa shape index (κ1) is 15.3. The van der Waals surface area contributed by atoms with E-state index in [2.05, 4.69) is 25.1 Å². The van der Waals surface area contributed by atoms with Gasteiger partial charge in [0, 0.05) is 0 Å². The number of benzene rings is 2. The van der Waals surface area contributed by atoms with Crippen LogP contribution in [-0.2, 0) is 6.42 Å². The zero-order valence-corrected chi connectivity index (χ0v) is 13.3. The summed E-state index contributed by atoms with van der Waals surface area (Å²) >= 11 is 0. The van der Waals surface area contributed by atoms with Gasteiger partial charge in [0.05, 0.1) is 12.2 Å². The van der Waals surface area contributed by atoms with Crippen molar-refractivity contribution in [3.05, 3.63) is 82.9 Å². The van der Waals surface area contributed by atoms with Gasteiger partial charge >= 0.3 is 0 Å². The topological polar surface area (TPSA) is 26.3 Å². The van der Waals surface area contributed by atoms with Crippen molar-refractivity contribution in [3.63, 3.8) is 0 Å². The summed E-state index contributed by atoms with van der Waals surface area (Å²) in [6.45, 7) is 2.67. The van der Waals surface area contributed by atoms with Gasteiger partial charge in [0.15, 0.2) is 5.78 Å². The molecule has 2 aromatic carbocycles. The molecule has 0 fully saturated rings. The molecule has 0 bridgehead atoms. The normalized spacial score (nSPS) is 13.0. The molecule has 3 rings (SSSR count). The van der Waals surface area contributed by atoms with Gasteiger partial charge in [0.25, 0.3) is 0 Å². The van der Waals surface area contributed by atoms with Gasteiger partial charge in [-0.2, -0.15) is 0 Å². The Labute approximate surface area is 137 Å². The van der Waals surface area contributed by atoms with Crippen LogP contribution in [-0.4, -0.2) is 12.4 Å². The summed E-state index contributed by atoms with van der Waals surface area (Å²) in [7, 11) is 0. The molecule has 2 aromatic rings. The number of fused-ring (bicyclic) bond motifs is 1. The van der Waals surface area contributed by atoms with Crippen LogP contribution < -0.4 is 4.74 Å². The largest absolute Gasteiger partial charge is 0.493 e. The smallest absolute Gasteiger partial charge is 0.189 e. The zero-order valence-electron chi connectivity index (χ0n) is 13.3. The highest BCUT2D eigenvalue weighted by Gasteiger charge is 2.12. The summed E-state index contributed by atoms with van der Waals surface area (Å²) in [5, 5.41) is 0. The summed E-state index contributed by atoms with van der Waals surface area (Å²) in [6.07, 6.45) is 7.50. The Kier molecular flexibility index (Phi) is 4.72. The van der Waals surface area contributed by atoms with E-state index >= 15 is 0 Å². The molecule has 0 heterocycles. The number of carbonyl (C=O) groups excluding carboxylic acids is 1. The van der Waals surface area contributed by atoms with Crippen LogP contribution in [0.25, 0.3) is 6.08 Å². The first-order valence-corrected chi connectivity index (χ1v) is 8.00. The van der Waals surface area contributed by atoms with Crippen molar-refractivity contribution < 1.29 is 9.53 Å². The molecule has 2 nitrogen and oxygen atoms in total. The van der Waals surface area contributed by atoms with Crippen LogP contribution in [0.4, 0.5) is 0 Å². The van der Waals surface area contributed by atoms with E-state index in [1.807, 2.05) is 42.5 Å². The van der Waals surface area contributed by atoms with E-state index in [9.17, 15) is 4.79 Å². The van der Waals surface area contributed by atoms with Crippen LogP contribution in [0.1, 0.15) is 34.8 Å². The van der Waals surface area contributed by atoms with Gasteiger partial charge in [-0.05, 0) is 47.8 Å². The van der Waals surface area contributed by atoms with E-state index in [1.165, 1.54) is 11.1 Å². The monoisotopic (exact) mass is 304 g/mol. The number of hydrogen-bond acceptors (Lipinski definition) is 2.